The van der Waals surface area contributed by atoms with Gasteiger partial charge in [-0.15, -0.1) is 0 Å². The fraction of sp³-hybridized carbons (Fsp3) is 0. The van der Waals surface area contributed by atoms with Crippen molar-refractivity contribution in [3.63, 3.8) is 0 Å². The molecular weight excluding hydrogens is 180 g/mol. The van der Waals surface area contributed by atoms with Gasteiger partial charge in [0, 0.05) is 0 Å². The van der Waals surface area contributed by atoms with Gasteiger partial charge in [-0.05, 0) is 23.8 Å². The first kappa shape index (κ1) is 9.81. The molecule has 0 saturated heterocycles. The summed E-state index contributed by atoms with van der Waals surface area (Å²) in [5.41, 5.74) is 1.48. The third-order valence-corrected chi connectivity index (χ3v) is 1.51. The number of nitrogens with zero attached hydrogens (tertiary/aromatic N) is 2. The van der Waals surface area contributed by atoms with Crippen LogP contribution in [0.15, 0.2) is 34.8 Å². The molecule has 1 aromatic carbocycles. The predicted octanol–water partition coefficient (Wildman–Crippen LogP) is 2.26. The second kappa shape index (κ2) is 4.67. The normalized spacial score (nSPS) is 8.29. The molecule has 1 aromatic rings. The van der Waals surface area contributed by atoms with Crippen LogP contribution in [0.2, 0.25) is 0 Å². The maximum atomic E-state index is 10.0. The molecule has 0 spiro atoms. The molecule has 0 aliphatic carbocycles. The minimum absolute atomic E-state index is 0.381. The standard InChI is InChI=1S/C10H6N2O2/c1-2-8-3-9(11-6-13)5-10(4-8)12-7-14/h2-5H,1H2. The molecular formula is C10H6N2O2. The van der Waals surface area contributed by atoms with Gasteiger partial charge in [0.2, 0.25) is 12.2 Å². The van der Waals surface area contributed by atoms with Crippen molar-refractivity contribution in [1.82, 2.24) is 0 Å². The second-order valence-corrected chi connectivity index (χ2v) is 2.39. The van der Waals surface area contributed by atoms with Crippen LogP contribution in [0, 0.1) is 0 Å². The summed E-state index contributed by atoms with van der Waals surface area (Å²) >= 11 is 0. The molecule has 68 valence electrons. The smallest absolute Gasteiger partial charge is 0.211 e. The minimum atomic E-state index is 0.381. The lowest BCUT2D eigenvalue weighted by atomic mass is 10.2. The van der Waals surface area contributed by atoms with Crippen LogP contribution in [0.4, 0.5) is 11.4 Å². The van der Waals surface area contributed by atoms with Gasteiger partial charge < -0.3 is 0 Å². The summed E-state index contributed by atoms with van der Waals surface area (Å²) in [5, 5.41) is 0. The van der Waals surface area contributed by atoms with Gasteiger partial charge in [-0.2, -0.15) is 9.98 Å². The molecule has 0 saturated carbocycles. The van der Waals surface area contributed by atoms with E-state index >= 15 is 0 Å². The van der Waals surface area contributed by atoms with Crippen LogP contribution in [0.3, 0.4) is 0 Å². The molecule has 0 aromatic heterocycles. The van der Waals surface area contributed by atoms with E-state index in [2.05, 4.69) is 16.6 Å². The van der Waals surface area contributed by atoms with Gasteiger partial charge in [0.05, 0.1) is 11.4 Å². The molecule has 0 unspecified atom stereocenters. The summed E-state index contributed by atoms with van der Waals surface area (Å²) in [6.45, 7) is 3.55. The molecule has 0 N–H and O–H groups in total. The number of aliphatic imine (C=N–C) groups is 2. The van der Waals surface area contributed by atoms with E-state index in [4.69, 9.17) is 0 Å². The number of rotatable bonds is 3. The highest BCUT2D eigenvalue weighted by Crippen LogP contribution is 2.23. The van der Waals surface area contributed by atoms with E-state index in [0.717, 1.165) is 5.56 Å². The Labute approximate surface area is 80.3 Å². The van der Waals surface area contributed by atoms with Crippen molar-refractivity contribution in [2.45, 2.75) is 0 Å². The zero-order chi connectivity index (χ0) is 10.4. The van der Waals surface area contributed by atoms with Crippen molar-refractivity contribution in [2.75, 3.05) is 0 Å². The highest BCUT2D eigenvalue weighted by molar-refractivity contribution is 5.65. The monoisotopic (exact) mass is 186 g/mol. The summed E-state index contributed by atoms with van der Waals surface area (Å²) in [6, 6.07) is 4.73. The molecule has 0 aliphatic rings. The topological polar surface area (TPSA) is 58.9 Å². The molecule has 4 heteroatoms. The van der Waals surface area contributed by atoms with Crippen LogP contribution < -0.4 is 0 Å². The van der Waals surface area contributed by atoms with E-state index in [1.807, 2.05) is 0 Å². The molecule has 1 rings (SSSR count). The van der Waals surface area contributed by atoms with E-state index in [1.165, 1.54) is 18.2 Å². The Bertz CT molecular complexity index is 417. The number of benzene rings is 1. The Morgan fingerprint density at radius 1 is 1.07 bits per heavy atom. The Morgan fingerprint density at radius 2 is 1.57 bits per heavy atom. The van der Waals surface area contributed by atoms with Crippen molar-refractivity contribution in [1.29, 1.82) is 0 Å². The van der Waals surface area contributed by atoms with Crippen LogP contribution in [0.1, 0.15) is 5.56 Å². The van der Waals surface area contributed by atoms with Crippen LogP contribution in [0.5, 0.6) is 0 Å². The van der Waals surface area contributed by atoms with Gasteiger partial charge in [0.1, 0.15) is 0 Å². The quantitative estimate of drug-likeness (QED) is 0.537. The third-order valence-electron chi connectivity index (χ3n) is 1.51. The molecule has 0 heterocycles. The first-order chi connectivity index (χ1) is 6.80. The Balaban J connectivity index is 3.32. The fourth-order valence-electron chi connectivity index (χ4n) is 0.970. The third kappa shape index (κ3) is 2.35. The van der Waals surface area contributed by atoms with Crippen LogP contribution in [-0.4, -0.2) is 12.2 Å². The Hall–Kier alpha value is -2.28. The van der Waals surface area contributed by atoms with Crippen LogP contribution in [0.25, 0.3) is 6.08 Å². The van der Waals surface area contributed by atoms with Crippen molar-refractivity contribution in [2.24, 2.45) is 9.98 Å². The zero-order valence-electron chi connectivity index (χ0n) is 7.23. The Morgan fingerprint density at radius 3 is 1.93 bits per heavy atom. The highest BCUT2D eigenvalue weighted by atomic mass is 16.1. The number of isocyanates is 2. The lowest BCUT2D eigenvalue weighted by molar-refractivity contribution is 0.565. The van der Waals surface area contributed by atoms with Gasteiger partial charge in [-0.1, -0.05) is 12.7 Å². The Kier molecular flexibility index (Phi) is 3.27. The summed E-state index contributed by atoms with van der Waals surface area (Å²) < 4.78 is 0. The van der Waals surface area contributed by atoms with E-state index < -0.39 is 0 Å². The van der Waals surface area contributed by atoms with Crippen LogP contribution >= 0.6 is 0 Å². The first-order valence-corrected chi connectivity index (χ1v) is 3.73. The highest BCUT2D eigenvalue weighted by Gasteiger charge is 1.96. The van der Waals surface area contributed by atoms with Crippen molar-refractivity contribution >= 4 is 29.6 Å². The van der Waals surface area contributed by atoms with Gasteiger partial charge in [0.15, 0.2) is 0 Å². The maximum absolute atomic E-state index is 10.0. The average Bonchev–Trinajstić information content (AvgIpc) is 2.18. The zero-order valence-corrected chi connectivity index (χ0v) is 7.23. The molecule has 0 fully saturated rings. The average molecular weight is 186 g/mol. The maximum Gasteiger partial charge on any atom is 0.240 e. The molecule has 0 aliphatic heterocycles. The van der Waals surface area contributed by atoms with Crippen LogP contribution in [-0.2, 0) is 9.59 Å². The van der Waals surface area contributed by atoms with E-state index in [0.29, 0.717) is 11.4 Å². The molecule has 0 bridgehead atoms. The second-order valence-electron chi connectivity index (χ2n) is 2.39. The van der Waals surface area contributed by atoms with E-state index in [1.54, 1.807) is 18.2 Å². The lowest BCUT2D eigenvalue weighted by Crippen LogP contribution is -1.72. The largest absolute Gasteiger partial charge is 0.240 e. The summed E-state index contributed by atoms with van der Waals surface area (Å²) in [4.78, 5) is 26.9. The molecule has 0 radical (unpaired) electrons. The van der Waals surface area contributed by atoms with E-state index in [-0.39, 0.29) is 0 Å². The molecule has 0 atom stereocenters. The van der Waals surface area contributed by atoms with Gasteiger partial charge in [0.25, 0.3) is 0 Å². The van der Waals surface area contributed by atoms with E-state index in [9.17, 15) is 9.59 Å². The predicted molar refractivity (Wildman–Crippen MR) is 52.1 cm³/mol. The molecule has 0 amide bonds. The summed E-state index contributed by atoms with van der Waals surface area (Å²) in [6.07, 6.45) is 4.37. The van der Waals surface area contributed by atoms with Crippen molar-refractivity contribution in [3.05, 3.63) is 30.3 Å². The van der Waals surface area contributed by atoms with Crippen molar-refractivity contribution < 1.29 is 9.59 Å². The van der Waals surface area contributed by atoms with Gasteiger partial charge in [-0.3, -0.25) is 0 Å². The lowest BCUT2D eigenvalue weighted by Gasteiger charge is -1.96. The molecule has 4 nitrogen and oxygen atoms in total. The van der Waals surface area contributed by atoms with Crippen molar-refractivity contribution in [3.8, 4) is 0 Å². The number of hydrogen-bond donors (Lipinski definition) is 0. The molecule has 14 heavy (non-hydrogen) atoms. The SMILES string of the molecule is C=Cc1cc(N=C=O)cc(N=C=O)c1. The number of carbonyl (C=O) groups excluding carboxylic acids is 2. The fourth-order valence-corrected chi connectivity index (χ4v) is 0.970. The summed E-state index contributed by atoms with van der Waals surface area (Å²) in [5.74, 6) is 0. The van der Waals surface area contributed by atoms with Gasteiger partial charge in [-0.25, -0.2) is 9.59 Å². The first-order valence-electron chi connectivity index (χ1n) is 3.73. The van der Waals surface area contributed by atoms with Gasteiger partial charge >= 0.3 is 0 Å². The number of hydrogen-bond acceptors (Lipinski definition) is 4. The summed E-state index contributed by atoms with van der Waals surface area (Å²) in [7, 11) is 0. The minimum Gasteiger partial charge on any atom is -0.211 e.